The summed E-state index contributed by atoms with van der Waals surface area (Å²) in [7, 11) is 4.17. The highest BCUT2D eigenvalue weighted by molar-refractivity contribution is 5.29. The second kappa shape index (κ2) is 5.13. The zero-order valence-electron chi connectivity index (χ0n) is 9.33. The molecule has 0 bridgehead atoms. The van der Waals surface area contributed by atoms with Crippen LogP contribution in [-0.2, 0) is 0 Å². The maximum absolute atomic E-state index is 5.80. The van der Waals surface area contributed by atoms with Gasteiger partial charge in [-0.3, -0.25) is 0 Å². The van der Waals surface area contributed by atoms with E-state index in [0.29, 0.717) is 12.5 Å². The van der Waals surface area contributed by atoms with Crippen LogP contribution in [0.1, 0.15) is 17.0 Å². The predicted molar refractivity (Wildman–Crippen MR) is 61.5 cm³/mol. The van der Waals surface area contributed by atoms with Gasteiger partial charge >= 0.3 is 0 Å². The van der Waals surface area contributed by atoms with E-state index in [4.69, 9.17) is 5.73 Å². The maximum Gasteiger partial charge on any atom is 0.00912 e. The van der Waals surface area contributed by atoms with E-state index in [2.05, 4.69) is 50.2 Å². The van der Waals surface area contributed by atoms with Gasteiger partial charge in [0.2, 0.25) is 0 Å². The molecular weight excluding hydrogens is 172 g/mol. The van der Waals surface area contributed by atoms with E-state index in [1.54, 1.807) is 0 Å². The molecule has 2 N–H and O–H groups in total. The molecule has 1 unspecified atom stereocenters. The quantitative estimate of drug-likeness (QED) is 0.785. The minimum atomic E-state index is 0.450. The van der Waals surface area contributed by atoms with Gasteiger partial charge in [-0.05, 0) is 32.1 Å². The molecule has 2 nitrogen and oxygen atoms in total. The number of likely N-dealkylation sites (N-methyl/N-ethyl adjacent to an activating group) is 1. The molecule has 0 spiro atoms. The highest BCUT2D eigenvalue weighted by Gasteiger charge is 2.12. The molecule has 14 heavy (non-hydrogen) atoms. The van der Waals surface area contributed by atoms with Crippen LogP contribution in [0.15, 0.2) is 24.3 Å². The van der Waals surface area contributed by atoms with Gasteiger partial charge in [0.25, 0.3) is 0 Å². The summed E-state index contributed by atoms with van der Waals surface area (Å²) in [6.07, 6.45) is 0. The summed E-state index contributed by atoms with van der Waals surface area (Å²) < 4.78 is 0. The highest BCUT2D eigenvalue weighted by Crippen LogP contribution is 2.18. The van der Waals surface area contributed by atoms with Crippen LogP contribution in [0.4, 0.5) is 0 Å². The second-order valence-corrected chi connectivity index (χ2v) is 4.05. The van der Waals surface area contributed by atoms with Crippen LogP contribution in [0.25, 0.3) is 0 Å². The molecule has 0 aliphatic carbocycles. The summed E-state index contributed by atoms with van der Waals surface area (Å²) in [5.74, 6) is 0.450. The molecule has 78 valence electrons. The number of hydrogen-bond donors (Lipinski definition) is 1. The van der Waals surface area contributed by atoms with Crippen molar-refractivity contribution < 1.29 is 0 Å². The SMILES string of the molecule is Cc1ccccc1C(CN)CN(C)C. The number of aryl methyl sites for hydroxylation is 1. The van der Waals surface area contributed by atoms with E-state index in [1.807, 2.05) is 0 Å². The summed E-state index contributed by atoms with van der Waals surface area (Å²) in [6, 6.07) is 8.48. The van der Waals surface area contributed by atoms with Crippen molar-refractivity contribution in [2.45, 2.75) is 12.8 Å². The number of hydrogen-bond acceptors (Lipinski definition) is 2. The van der Waals surface area contributed by atoms with Crippen LogP contribution in [0, 0.1) is 6.92 Å². The Hall–Kier alpha value is -0.860. The fourth-order valence-electron chi connectivity index (χ4n) is 1.79. The molecule has 0 aliphatic heterocycles. The van der Waals surface area contributed by atoms with Gasteiger partial charge in [0.05, 0.1) is 0 Å². The molecule has 0 amide bonds. The lowest BCUT2D eigenvalue weighted by Gasteiger charge is -2.21. The lowest BCUT2D eigenvalue weighted by atomic mass is 9.94. The largest absolute Gasteiger partial charge is 0.330 e. The predicted octanol–water partition coefficient (Wildman–Crippen LogP) is 1.60. The molecule has 1 atom stereocenters. The molecule has 1 rings (SSSR count). The van der Waals surface area contributed by atoms with Crippen molar-refractivity contribution in [1.82, 2.24) is 4.90 Å². The van der Waals surface area contributed by atoms with Gasteiger partial charge in [-0.25, -0.2) is 0 Å². The average Bonchev–Trinajstić information content (AvgIpc) is 2.15. The fourth-order valence-corrected chi connectivity index (χ4v) is 1.79. The minimum Gasteiger partial charge on any atom is -0.330 e. The van der Waals surface area contributed by atoms with Crippen LogP contribution >= 0.6 is 0 Å². The topological polar surface area (TPSA) is 29.3 Å². The van der Waals surface area contributed by atoms with Crippen LogP contribution < -0.4 is 5.73 Å². The summed E-state index contributed by atoms with van der Waals surface area (Å²) in [5, 5.41) is 0. The molecule has 0 saturated carbocycles. The summed E-state index contributed by atoms with van der Waals surface area (Å²) >= 11 is 0. The van der Waals surface area contributed by atoms with E-state index in [0.717, 1.165) is 6.54 Å². The van der Waals surface area contributed by atoms with Gasteiger partial charge in [0.15, 0.2) is 0 Å². The van der Waals surface area contributed by atoms with Crippen molar-refractivity contribution in [1.29, 1.82) is 0 Å². The molecule has 1 aromatic rings. The van der Waals surface area contributed by atoms with Crippen molar-refractivity contribution in [2.75, 3.05) is 27.2 Å². The molecule has 0 saturated heterocycles. The van der Waals surface area contributed by atoms with E-state index in [1.165, 1.54) is 11.1 Å². The fraction of sp³-hybridized carbons (Fsp3) is 0.500. The van der Waals surface area contributed by atoms with E-state index in [-0.39, 0.29) is 0 Å². The van der Waals surface area contributed by atoms with Crippen molar-refractivity contribution in [2.24, 2.45) is 5.73 Å². The highest BCUT2D eigenvalue weighted by atomic mass is 15.1. The standard InChI is InChI=1S/C12H20N2/c1-10-6-4-5-7-12(10)11(8-13)9-14(2)3/h4-7,11H,8-9,13H2,1-3H3. The third-order valence-corrected chi connectivity index (χ3v) is 2.50. The molecule has 0 heterocycles. The monoisotopic (exact) mass is 192 g/mol. The molecule has 0 fully saturated rings. The smallest absolute Gasteiger partial charge is 0.00912 e. The number of nitrogens with zero attached hydrogens (tertiary/aromatic N) is 1. The third-order valence-electron chi connectivity index (χ3n) is 2.50. The van der Waals surface area contributed by atoms with Gasteiger partial charge < -0.3 is 10.6 Å². The van der Waals surface area contributed by atoms with Gasteiger partial charge in [0, 0.05) is 19.0 Å². The Morgan fingerprint density at radius 1 is 1.29 bits per heavy atom. The maximum atomic E-state index is 5.80. The first-order valence-electron chi connectivity index (χ1n) is 5.05. The Morgan fingerprint density at radius 3 is 2.43 bits per heavy atom. The van der Waals surface area contributed by atoms with Gasteiger partial charge in [0.1, 0.15) is 0 Å². The number of nitrogens with two attached hydrogens (primary N) is 1. The number of rotatable bonds is 4. The lowest BCUT2D eigenvalue weighted by Crippen LogP contribution is -2.26. The van der Waals surface area contributed by atoms with Gasteiger partial charge in [-0.1, -0.05) is 24.3 Å². The Labute approximate surface area is 86.7 Å². The molecule has 1 aromatic carbocycles. The van der Waals surface area contributed by atoms with Crippen LogP contribution in [0.2, 0.25) is 0 Å². The Bertz CT molecular complexity index is 281. The second-order valence-electron chi connectivity index (χ2n) is 4.05. The molecule has 2 heteroatoms. The van der Waals surface area contributed by atoms with Crippen molar-refractivity contribution >= 4 is 0 Å². The van der Waals surface area contributed by atoms with Crippen LogP contribution in [0.5, 0.6) is 0 Å². The summed E-state index contributed by atoms with van der Waals surface area (Å²) in [6.45, 7) is 3.87. The molecule has 0 aromatic heterocycles. The zero-order chi connectivity index (χ0) is 10.6. The van der Waals surface area contributed by atoms with E-state index >= 15 is 0 Å². The molecular formula is C12H20N2. The Kier molecular flexibility index (Phi) is 4.11. The molecule has 0 aliphatic rings. The third kappa shape index (κ3) is 2.82. The Balaban J connectivity index is 2.83. The van der Waals surface area contributed by atoms with Crippen molar-refractivity contribution in [3.05, 3.63) is 35.4 Å². The number of benzene rings is 1. The van der Waals surface area contributed by atoms with Crippen LogP contribution in [0.3, 0.4) is 0 Å². The zero-order valence-corrected chi connectivity index (χ0v) is 9.33. The van der Waals surface area contributed by atoms with E-state index < -0.39 is 0 Å². The summed E-state index contributed by atoms with van der Waals surface area (Å²) in [4.78, 5) is 2.18. The lowest BCUT2D eigenvalue weighted by molar-refractivity contribution is 0.375. The van der Waals surface area contributed by atoms with Crippen LogP contribution in [-0.4, -0.2) is 32.1 Å². The van der Waals surface area contributed by atoms with Crippen molar-refractivity contribution in [3.8, 4) is 0 Å². The molecule has 0 radical (unpaired) electrons. The van der Waals surface area contributed by atoms with Gasteiger partial charge in [-0.15, -0.1) is 0 Å². The average molecular weight is 192 g/mol. The Morgan fingerprint density at radius 2 is 1.93 bits per heavy atom. The van der Waals surface area contributed by atoms with E-state index in [9.17, 15) is 0 Å². The summed E-state index contributed by atoms with van der Waals surface area (Å²) in [5.41, 5.74) is 8.51. The normalized spacial score (nSPS) is 13.2. The minimum absolute atomic E-state index is 0.450. The van der Waals surface area contributed by atoms with Crippen molar-refractivity contribution in [3.63, 3.8) is 0 Å². The van der Waals surface area contributed by atoms with Gasteiger partial charge in [-0.2, -0.15) is 0 Å². The first-order valence-corrected chi connectivity index (χ1v) is 5.05. The first-order chi connectivity index (χ1) is 6.65. The first kappa shape index (κ1) is 11.2.